The number of carbonyl (C=O) groups excluding carboxylic acids is 3. The Bertz CT molecular complexity index is 939. The zero-order valence-corrected chi connectivity index (χ0v) is 22.2. The maximum Gasteiger partial charge on any atom is 0.408 e. The highest BCUT2D eigenvalue weighted by atomic mass is 16.6. The van der Waals surface area contributed by atoms with E-state index < -0.39 is 36.0 Å². The largest absolute Gasteiger partial charge is 0.481 e. The average molecular weight is 516 g/mol. The number of ether oxygens (including phenoxy) is 1. The van der Waals surface area contributed by atoms with Crippen molar-refractivity contribution in [3.8, 4) is 0 Å². The van der Waals surface area contributed by atoms with Gasteiger partial charge in [-0.05, 0) is 30.7 Å². The number of aliphatic carboxylic acids is 1. The minimum absolute atomic E-state index is 0.0910. The molecule has 1 aliphatic heterocycles. The molecule has 2 fully saturated rings. The topological polar surface area (TPSA) is 125 Å². The van der Waals surface area contributed by atoms with Crippen LogP contribution in [0.2, 0.25) is 0 Å². The molecule has 1 aliphatic carbocycles. The molecule has 0 bridgehead atoms. The zero-order chi connectivity index (χ0) is 27.0. The molecule has 0 spiro atoms. The lowest BCUT2D eigenvalue weighted by atomic mass is 9.84. The van der Waals surface area contributed by atoms with Crippen LogP contribution >= 0.6 is 0 Å². The van der Waals surface area contributed by atoms with Crippen molar-refractivity contribution < 1.29 is 29.0 Å². The van der Waals surface area contributed by atoms with Crippen LogP contribution in [0.1, 0.15) is 90.2 Å². The second kappa shape index (κ2) is 12.9. The molecular weight excluding hydrogens is 474 g/mol. The quantitative estimate of drug-likeness (QED) is 0.419. The van der Waals surface area contributed by atoms with Gasteiger partial charge in [-0.1, -0.05) is 83.2 Å². The van der Waals surface area contributed by atoms with E-state index in [9.17, 15) is 19.2 Å². The molecule has 9 heteroatoms. The first-order valence-electron chi connectivity index (χ1n) is 13.4. The van der Waals surface area contributed by atoms with Gasteiger partial charge in [-0.3, -0.25) is 24.8 Å². The third-order valence-electron chi connectivity index (χ3n) is 7.28. The van der Waals surface area contributed by atoms with E-state index in [0.717, 1.165) is 31.2 Å². The van der Waals surface area contributed by atoms with Crippen molar-refractivity contribution in [1.82, 2.24) is 15.8 Å². The van der Waals surface area contributed by atoms with E-state index >= 15 is 0 Å². The highest BCUT2D eigenvalue weighted by Crippen LogP contribution is 2.36. The van der Waals surface area contributed by atoms with Gasteiger partial charge in [0.15, 0.2) is 0 Å². The number of nitrogens with zero attached hydrogens (tertiary/aromatic N) is 1. The van der Waals surface area contributed by atoms with Crippen molar-refractivity contribution in [1.29, 1.82) is 0 Å². The number of carboxylic acid groups (broad SMARTS) is 1. The van der Waals surface area contributed by atoms with Gasteiger partial charge in [-0.15, -0.1) is 0 Å². The summed E-state index contributed by atoms with van der Waals surface area (Å²) in [5.41, 5.74) is 3.18. The maximum atomic E-state index is 13.3. The van der Waals surface area contributed by atoms with Gasteiger partial charge in [0, 0.05) is 24.3 Å². The van der Waals surface area contributed by atoms with Crippen molar-refractivity contribution in [2.24, 2.45) is 17.3 Å². The van der Waals surface area contributed by atoms with E-state index in [1.807, 2.05) is 51.1 Å². The van der Waals surface area contributed by atoms with Crippen LogP contribution < -0.4 is 10.7 Å². The van der Waals surface area contributed by atoms with Crippen molar-refractivity contribution in [3.63, 3.8) is 0 Å². The molecule has 3 N–H and O–H groups in total. The molecule has 37 heavy (non-hydrogen) atoms. The molecule has 1 aromatic rings. The van der Waals surface area contributed by atoms with Crippen molar-refractivity contribution in [2.45, 2.75) is 90.7 Å². The molecular formula is C28H41N3O6. The number of hydrogen-bond acceptors (Lipinski definition) is 5. The minimum atomic E-state index is -0.949. The van der Waals surface area contributed by atoms with Crippen LogP contribution in [-0.2, 0) is 19.1 Å². The normalized spacial score (nSPS) is 20.2. The summed E-state index contributed by atoms with van der Waals surface area (Å²) in [6.45, 7) is 6.29. The average Bonchev–Trinajstić information content (AvgIpc) is 3.20. The monoisotopic (exact) mass is 515 g/mol. The van der Waals surface area contributed by atoms with Crippen LogP contribution in [0.25, 0.3) is 0 Å². The van der Waals surface area contributed by atoms with Crippen molar-refractivity contribution >= 4 is 23.9 Å². The Morgan fingerprint density at radius 2 is 1.76 bits per heavy atom. The van der Waals surface area contributed by atoms with E-state index in [0.29, 0.717) is 25.3 Å². The third kappa shape index (κ3) is 8.47. The van der Waals surface area contributed by atoms with Gasteiger partial charge in [-0.2, -0.15) is 0 Å². The summed E-state index contributed by atoms with van der Waals surface area (Å²) >= 11 is 0. The lowest BCUT2D eigenvalue weighted by Crippen LogP contribution is -2.54. The van der Waals surface area contributed by atoms with Crippen molar-refractivity contribution in [3.05, 3.63) is 35.9 Å². The molecule has 1 aromatic carbocycles. The number of carboxylic acids is 1. The number of hydrazine groups is 1. The number of hydrogen-bond donors (Lipinski definition) is 3. The fourth-order valence-corrected chi connectivity index (χ4v) is 5.27. The minimum Gasteiger partial charge on any atom is -0.481 e. The van der Waals surface area contributed by atoms with Gasteiger partial charge in [-0.25, -0.2) is 4.79 Å². The zero-order valence-electron chi connectivity index (χ0n) is 22.2. The number of nitrogens with one attached hydrogen (secondary N) is 2. The van der Waals surface area contributed by atoms with E-state index in [2.05, 4.69) is 10.7 Å². The summed E-state index contributed by atoms with van der Waals surface area (Å²) in [6.07, 6.45) is 5.28. The summed E-state index contributed by atoms with van der Waals surface area (Å²) < 4.78 is 5.87. The molecule has 0 radical (unpaired) electrons. The fourth-order valence-electron chi connectivity index (χ4n) is 5.27. The third-order valence-corrected chi connectivity index (χ3v) is 7.28. The molecule has 1 saturated carbocycles. The first-order chi connectivity index (χ1) is 17.5. The number of amides is 3. The second-order valence-electron chi connectivity index (χ2n) is 11.4. The molecule has 2 aliphatic rings. The van der Waals surface area contributed by atoms with Crippen LogP contribution in [0, 0.1) is 17.3 Å². The smallest absolute Gasteiger partial charge is 0.408 e. The van der Waals surface area contributed by atoms with Crippen LogP contribution in [0.15, 0.2) is 30.3 Å². The Labute approximate surface area is 219 Å². The predicted molar refractivity (Wildman–Crippen MR) is 138 cm³/mol. The summed E-state index contributed by atoms with van der Waals surface area (Å²) in [5, 5.41) is 13.0. The highest BCUT2D eigenvalue weighted by Gasteiger charge is 2.36. The van der Waals surface area contributed by atoms with Crippen LogP contribution in [0.3, 0.4) is 0 Å². The van der Waals surface area contributed by atoms with Gasteiger partial charge in [0.1, 0.15) is 12.1 Å². The summed E-state index contributed by atoms with van der Waals surface area (Å²) in [5.74, 6) is -1.82. The van der Waals surface area contributed by atoms with Crippen LogP contribution in [-0.4, -0.2) is 46.6 Å². The molecule has 3 rings (SSSR count). The molecule has 9 nitrogen and oxygen atoms in total. The number of benzene rings is 1. The number of rotatable bonds is 10. The van der Waals surface area contributed by atoms with Gasteiger partial charge >= 0.3 is 12.1 Å². The molecule has 204 valence electrons. The number of carbonyl (C=O) groups is 4. The molecule has 1 unspecified atom stereocenters. The lowest BCUT2D eigenvalue weighted by molar-refractivity contribution is -0.142. The van der Waals surface area contributed by atoms with Gasteiger partial charge in [0.05, 0.1) is 0 Å². The highest BCUT2D eigenvalue weighted by molar-refractivity contribution is 5.89. The fraction of sp³-hybridized carbons (Fsp3) is 0.643. The molecule has 3 amide bonds. The predicted octanol–water partition coefficient (Wildman–Crippen LogP) is 4.58. The molecule has 3 atom stereocenters. The SMILES string of the molecule is CC(C)(C)C(OC(=O)N[C@@H](CC1CCCCC1)C(=O)NN1CC[C@H](CCC(=O)O)C1=O)c1ccccc1. The summed E-state index contributed by atoms with van der Waals surface area (Å²) in [6, 6.07) is 8.67. The standard InChI is InChI=1S/C28H41N3O6/c1-28(2,3)24(20-12-8-5-9-13-20)37-27(36)29-22(18-19-10-6-4-7-11-19)25(34)30-31-17-16-21(26(31)35)14-15-23(32)33/h5,8-9,12-13,19,21-22,24H,4,6-7,10-11,14-18H2,1-3H3,(H,29,36)(H,30,34)(H,32,33)/t21-,22-,24?/m0/s1. The Morgan fingerprint density at radius 1 is 1.08 bits per heavy atom. The molecule has 1 heterocycles. The van der Waals surface area contributed by atoms with Gasteiger partial charge in [0.25, 0.3) is 5.91 Å². The Kier molecular flexibility index (Phi) is 9.94. The van der Waals surface area contributed by atoms with E-state index in [-0.39, 0.29) is 24.2 Å². The van der Waals surface area contributed by atoms with Crippen LogP contribution in [0.5, 0.6) is 0 Å². The molecule has 1 saturated heterocycles. The van der Waals surface area contributed by atoms with E-state index in [4.69, 9.17) is 9.84 Å². The maximum absolute atomic E-state index is 13.3. The molecule has 0 aromatic heterocycles. The summed E-state index contributed by atoms with van der Waals surface area (Å²) in [4.78, 5) is 50.0. The first-order valence-corrected chi connectivity index (χ1v) is 13.4. The van der Waals surface area contributed by atoms with E-state index in [1.54, 1.807) is 0 Å². The number of alkyl carbamates (subject to hydrolysis) is 1. The van der Waals surface area contributed by atoms with Crippen LogP contribution in [0.4, 0.5) is 4.79 Å². The first kappa shape index (κ1) is 28.5. The Hall–Kier alpha value is -3.10. The van der Waals surface area contributed by atoms with Gasteiger partial charge < -0.3 is 15.2 Å². The second-order valence-corrected chi connectivity index (χ2v) is 11.4. The summed E-state index contributed by atoms with van der Waals surface area (Å²) in [7, 11) is 0. The van der Waals surface area contributed by atoms with Gasteiger partial charge in [0.2, 0.25) is 5.91 Å². The van der Waals surface area contributed by atoms with E-state index in [1.165, 1.54) is 11.4 Å². The lowest BCUT2D eigenvalue weighted by Gasteiger charge is -2.32. The Morgan fingerprint density at radius 3 is 2.38 bits per heavy atom. The van der Waals surface area contributed by atoms with Crippen molar-refractivity contribution in [2.75, 3.05) is 6.54 Å². The Balaban J connectivity index is 1.67.